The first-order valence-corrected chi connectivity index (χ1v) is 10.3. The van der Waals surface area contributed by atoms with Gasteiger partial charge in [-0.1, -0.05) is 30.0 Å². The molecule has 8 nitrogen and oxygen atoms in total. The maximum absolute atomic E-state index is 13.0. The second-order valence-corrected chi connectivity index (χ2v) is 7.83. The average Bonchev–Trinajstić information content (AvgIpc) is 3.41. The maximum atomic E-state index is 13.0. The number of nitrogens with zero attached hydrogens (tertiary/aromatic N) is 4. The van der Waals surface area contributed by atoms with Gasteiger partial charge in [-0.25, -0.2) is 0 Å². The zero-order chi connectivity index (χ0) is 20.4. The van der Waals surface area contributed by atoms with Crippen molar-refractivity contribution in [3.63, 3.8) is 0 Å². The largest absolute Gasteiger partial charge is 0.461 e. The van der Waals surface area contributed by atoms with Crippen LogP contribution in [-0.2, 0) is 22.6 Å². The molecule has 0 saturated heterocycles. The third kappa shape index (κ3) is 3.91. The third-order valence-electron chi connectivity index (χ3n) is 4.84. The number of carbonyl (C=O) groups excluding carboxylic acids is 2. The highest BCUT2D eigenvalue weighted by atomic mass is 32.2. The van der Waals surface area contributed by atoms with Crippen molar-refractivity contribution in [1.82, 2.24) is 14.8 Å². The number of hydrogen-bond donors (Lipinski definition) is 1. The Morgan fingerprint density at radius 1 is 1.24 bits per heavy atom. The van der Waals surface area contributed by atoms with Crippen molar-refractivity contribution in [2.24, 2.45) is 5.73 Å². The van der Waals surface area contributed by atoms with E-state index in [1.54, 1.807) is 23.0 Å². The van der Waals surface area contributed by atoms with Crippen molar-refractivity contribution in [1.29, 1.82) is 0 Å². The maximum Gasteiger partial charge on any atom is 0.237 e. The standard InChI is InChI=1S/C20H21N5O3S/c1-13-11-14-5-2-3-6-15(14)25(13)18(27)12-29-20-23-22-19(16-7-4-10-28-16)24(20)9-8-17(21)26/h2-7,10,13H,8-9,11-12H2,1H3,(H2,21,26). The Kier molecular flexibility index (Phi) is 5.39. The highest BCUT2D eigenvalue weighted by molar-refractivity contribution is 7.99. The van der Waals surface area contributed by atoms with E-state index in [0.717, 1.165) is 12.1 Å². The molecule has 3 aromatic rings. The summed E-state index contributed by atoms with van der Waals surface area (Å²) in [5, 5.41) is 8.94. The summed E-state index contributed by atoms with van der Waals surface area (Å²) in [4.78, 5) is 26.1. The Bertz CT molecular complexity index is 1030. The van der Waals surface area contributed by atoms with Crippen LogP contribution in [0.5, 0.6) is 0 Å². The van der Waals surface area contributed by atoms with Crippen molar-refractivity contribution in [3.05, 3.63) is 48.2 Å². The number of carbonyl (C=O) groups is 2. The van der Waals surface area contributed by atoms with E-state index in [-0.39, 0.29) is 24.1 Å². The van der Waals surface area contributed by atoms with Gasteiger partial charge in [-0.3, -0.25) is 14.2 Å². The minimum absolute atomic E-state index is 0.0106. The molecule has 0 spiro atoms. The molecule has 0 fully saturated rings. The van der Waals surface area contributed by atoms with Crippen LogP contribution in [-0.4, -0.2) is 38.4 Å². The van der Waals surface area contributed by atoms with Gasteiger partial charge < -0.3 is 15.1 Å². The van der Waals surface area contributed by atoms with Gasteiger partial charge in [-0.2, -0.15) is 0 Å². The first-order valence-electron chi connectivity index (χ1n) is 9.32. The molecule has 2 aromatic heterocycles. The minimum Gasteiger partial charge on any atom is -0.461 e. The van der Waals surface area contributed by atoms with Gasteiger partial charge in [-0.15, -0.1) is 10.2 Å². The molecule has 1 aliphatic heterocycles. The van der Waals surface area contributed by atoms with E-state index in [1.165, 1.54) is 17.3 Å². The van der Waals surface area contributed by atoms with Crippen LogP contribution in [0, 0.1) is 0 Å². The number of para-hydroxylation sites is 1. The number of thioether (sulfide) groups is 1. The summed E-state index contributed by atoms with van der Waals surface area (Å²) in [5.41, 5.74) is 7.46. The van der Waals surface area contributed by atoms with Gasteiger partial charge in [0.1, 0.15) is 0 Å². The molecule has 1 aromatic carbocycles. The highest BCUT2D eigenvalue weighted by Gasteiger charge is 2.30. The molecule has 0 saturated carbocycles. The smallest absolute Gasteiger partial charge is 0.237 e. The fourth-order valence-electron chi connectivity index (χ4n) is 3.55. The number of fused-ring (bicyclic) bond motifs is 1. The topological polar surface area (TPSA) is 107 Å². The second-order valence-electron chi connectivity index (χ2n) is 6.89. The van der Waals surface area contributed by atoms with Crippen LogP contribution in [0.25, 0.3) is 11.6 Å². The summed E-state index contributed by atoms with van der Waals surface area (Å²) in [6.07, 6.45) is 2.54. The lowest BCUT2D eigenvalue weighted by molar-refractivity contribution is -0.118. The Balaban J connectivity index is 1.52. The van der Waals surface area contributed by atoms with Crippen LogP contribution in [0.1, 0.15) is 18.9 Å². The Morgan fingerprint density at radius 3 is 2.83 bits per heavy atom. The molecule has 1 aliphatic rings. The van der Waals surface area contributed by atoms with Crippen LogP contribution in [0.2, 0.25) is 0 Å². The van der Waals surface area contributed by atoms with Gasteiger partial charge in [0.25, 0.3) is 0 Å². The molecule has 3 heterocycles. The molecule has 150 valence electrons. The normalized spacial score (nSPS) is 15.5. The molecule has 2 N–H and O–H groups in total. The fourth-order valence-corrected chi connectivity index (χ4v) is 4.37. The summed E-state index contributed by atoms with van der Waals surface area (Å²) in [5.74, 6) is 0.856. The van der Waals surface area contributed by atoms with Gasteiger partial charge in [-0.05, 0) is 37.1 Å². The first kappa shape index (κ1) is 19.3. The number of nitrogens with two attached hydrogens (primary N) is 1. The average molecular weight is 411 g/mol. The number of aromatic nitrogens is 3. The number of amides is 2. The van der Waals surface area contributed by atoms with Crippen LogP contribution in [0.4, 0.5) is 5.69 Å². The molecular formula is C20H21N5O3S. The zero-order valence-corrected chi connectivity index (χ0v) is 16.8. The summed E-state index contributed by atoms with van der Waals surface area (Å²) in [7, 11) is 0. The zero-order valence-electron chi connectivity index (χ0n) is 15.9. The number of benzene rings is 1. The predicted molar refractivity (Wildman–Crippen MR) is 109 cm³/mol. The third-order valence-corrected chi connectivity index (χ3v) is 5.79. The van der Waals surface area contributed by atoms with Crippen molar-refractivity contribution in [2.45, 2.75) is 37.5 Å². The molecule has 1 atom stereocenters. The lowest BCUT2D eigenvalue weighted by atomic mass is 10.1. The van der Waals surface area contributed by atoms with Crippen LogP contribution in [0.3, 0.4) is 0 Å². The second kappa shape index (κ2) is 8.12. The first-order chi connectivity index (χ1) is 14.0. The van der Waals surface area contributed by atoms with Gasteiger partial charge in [0.2, 0.25) is 11.8 Å². The molecule has 2 amide bonds. The number of furan rings is 1. The monoisotopic (exact) mass is 411 g/mol. The number of hydrogen-bond acceptors (Lipinski definition) is 6. The molecular weight excluding hydrogens is 390 g/mol. The SMILES string of the molecule is CC1Cc2ccccc2N1C(=O)CSc1nnc(-c2ccco2)n1CCC(N)=O. The van der Waals surface area contributed by atoms with E-state index in [4.69, 9.17) is 10.2 Å². The highest BCUT2D eigenvalue weighted by Crippen LogP contribution is 2.33. The van der Waals surface area contributed by atoms with Crippen molar-refractivity contribution < 1.29 is 14.0 Å². The summed E-state index contributed by atoms with van der Waals surface area (Å²) in [6.45, 7) is 2.37. The van der Waals surface area contributed by atoms with Crippen molar-refractivity contribution >= 4 is 29.3 Å². The van der Waals surface area contributed by atoms with Crippen LogP contribution < -0.4 is 10.6 Å². The Labute approximate surface area is 172 Å². The number of primary amides is 1. The molecule has 4 rings (SSSR count). The summed E-state index contributed by atoms with van der Waals surface area (Å²) < 4.78 is 7.18. The van der Waals surface area contributed by atoms with Crippen LogP contribution >= 0.6 is 11.8 Å². The predicted octanol–water partition coefficient (Wildman–Crippen LogP) is 2.48. The summed E-state index contributed by atoms with van der Waals surface area (Å²) >= 11 is 1.29. The van der Waals surface area contributed by atoms with Crippen molar-refractivity contribution in [2.75, 3.05) is 10.7 Å². The van der Waals surface area contributed by atoms with E-state index >= 15 is 0 Å². The van der Waals surface area contributed by atoms with E-state index in [9.17, 15) is 9.59 Å². The van der Waals surface area contributed by atoms with Gasteiger partial charge in [0, 0.05) is 24.7 Å². The van der Waals surface area contributed by atoms with Gasteiger partial charge >= 0.3 is 0 Å². The molecule has 0 bridgehead atoms. The van der Waals surface area contributed by atoms with Crippen molar-refractivity contribution in [3.8, 4) is 11.6 Å². The van der Waals surface area contributed by atoms with E-state index in [0.29, 0.717) is 23.3 Å². The molecule has 1 unspecified atom stereocenters. The van der Waals surface area contributed by atoms with Gasteiger partial charge in [0.05, 0.1) is 12.0 Å². The molecule has 0 aliphatic carbocycles. The fraction of sp³-hybridized carbons (Fsp3) is 0.300. The molecule has 29 heavy (non-hydrogen) atoms. The number of rotatable bonds is 7. The van der Waals surface area contributed by atoms with E-state index in [2.05, 4.69) is 16.3 Å². The lowest BCUT2D eigenvalue weighted by Crippen LogP contribution is -2.37. The number of anilines is 1. The Morgan fingerprint density at radius 2 is 2.07 bits per heavy atom. The summed E-state index contributed by atoms with van der Waals surface area (Å²) in [6, 6.07) is 11.6. The lowest BCUT2D eigenvalue weighted by Gasteiger charge is -2.22. The van der Waals surface area contributed by atoms with E-state index < -0.39 is 5.91 Å². The quantitative estimate of drug-likeness (QED) is 0.599. The molecule has 9 heteroatoms. The van der Waals surface area contributed by atoms with Crippen LogP contribution in [0.15, 0.2) is 52.2 Å². The van der Waals surface area contributed by atoms with E-state index in [1.807, 2.05) is 30.0 Å². The Hall–Kier alpha value is -3.07. The molecule has 0 radical (unpaired) electrons. The van der Waals surface area contributed by atoms with Gasteiger partial charge in [0.15, 0.2) is 16.7 Å². The minimum atomic E-state index is -0.418.